The molecular weight excluding hydrogens is 311 g/mol. The third kappa shape index (κ3) is 5.51. The summed E-state index contributed by atoms with van der Waals surface area (Å²) >= 11 is 0. The predicted octanol–water partition coefficient (Wildman–Crippen LogP) is 1.62. The molecule has 1 atom stereocenters. The van der Waals surface area contributed by atoms with Gasteiger partial charge in [0.2, 0.25) is 0 Å². The van der Waals surface area contributed by atoms with Gasteiger partial charge in [0.05, 0.1) is 19.3 Å². The SMILES string of the molecule is C=C(C)C(=O)OCCCCC1COB(c2ccc(OC=O)cc2)O1. The first-order valence-corrected chi connectivity index (χ1v) is 7.90. The maximum atomic E-state index is 11.2. The van der Waals surface area contributed by atoms with Crippen molar-refractivity contribution in [3.05, 3.63) is 36.4 Å². The summed E-state index contributed by atoms with van der Waals surface area (Å²) in [6.07, 6.45) is 2.53. The molecule has 1 saturated heterocycles. The highest BCUT2D eigenvalue weighted by Crippen LogP contribution is 2.16. The largest absolute Gasteiger partial charge is 0.494 e. The Labute approximate surface area is 141 Å². The van der Waals surface area contributed by atoms with Crippen LogP contribution in [0.3, 0.4) is 0 Å². The first-order valence-electron chi connectivity index (χ1n) is 7.90. The van der Waals surface area contributed by atoms with Crippen molar-refractivity contribution in [3.63, 3.8) is 0 Å². The van der Waals surface area contributed by atoms with E-state index in [2.05, 4.69) is 6.58 Å². The van der Waals surface area contributed by atoms with Crippen LogP contribution < -0.4 is 10.2 Å². The molecule has 0 aromatic heterocycles. The third-order valence-corrected chi connectivity index (χ3v) is 3.59. The van der Waals surface area contributed by atoms with Gasteiger partial charge in [0, 0.05) is 5.57 Å². The van der Waals surface area contributed by atoms with E-state index in [1.807, 2.05) is 12.1 Å². The van der Waals surface area contributed by atoms with E-state index in [-0.39, 0.29) is 12.1 Å². The van der Waals surface area contributed by atoms with Gasteiger partial charge in [-0.15, -0.1) is 0 Å². The van der Waals surface area contributed by atoms with Gasteiger partial charge in [-0.25, -0.2) is 4.79 Å². The van der Waals surface area contributed by atoms with Gasteiger partial charge < -0.3 is 18.8 Å². The minimum atomic E-state index is -0.401. The van der Waals surface area contributed by atoms with Crippen LogP contribution in [0.1, 0.15) is 26.2 Å². The van der Waals surface area contributed by atoms with Gasteiger partial charge in [0.15, 0.2) is 0 Å². The fraction of sp³-hybridized carbons (Fsp3) is 0.412. The average molecular weight is 332 g/mol. The molecule has 1 heterocycles. The van der Waals surface area contributed by atoms with Crippen LogP contribution in [0.2, 0.25) is 0 Å². The smallest absolute Gasteiger partial charge is 0.462 e. The van der Waals surface area contributed by atoms with Crippen molar-refractivity contribution >= 4 is 25.0 Å². The lowest BCUT2D eigenvalue weighted by Gasteiger charge is -2.10. The fourth-order valence-electron chi connectivity index (χ4n) is 2.30. The van der Waals surface area contributed by atoms with E-state index in [4.69, 9.17) is 18.8 Å². The number of ether oxygens (including phenoxy) is 2. The maximum Gasteiger partial charge on any atom is 0.494 e. The zero-order valence-electron chi connectivity index (χ0n) is 13.7. The summed E-state index contributed by atoms with van der Waals surface area (Å²) in [4.78, 5) is 21.5. The van der Waals surface area contributed by atoms with Crippen molar-refractivity contribution in [1.82, 2.24) is 0 Å². The number of esters is 1. The highest BCUT2D eigenvalue weighted by atomic mass is 16.6. The van der Waals surface area contributed by atoms with E-state index in [1.54, 1.807) is 19.1 Å². The van der Waals surface area contributed by atoms with Gasteiger partial charge in [-0.1, -0.05) is 18.7 Å². The van der Waals surface area contributed by atoms with E-state index in [1.165, 1.54) is 0 Å². The summed E-state index contributed by atoms with van der Waals surface area (Å²) in [6, 6.07) is 7.01. The Hall–Kier alpha value is -2.12. The molecule has 1 aliphatic rings. The van der Waals surface area contributed by atoms with E-state index in [9.17, 15) is 9.59 Å². The van der Waals surface area contributed by atoms with Gasteiger partial charge in [-0.05, 0) is 43.8 Å². The first-order chi connectivity index (χ1) is 11.6. The van der Waals surface area contributed by atoms with Crippen LogP contribution in [-0.4, -0.2) is 38.9 Å². The summed E-state index contributed by atoms with van der Waals surface area (Å²) in [5.41, 5.74) is 1.29. The average Bonchev–Trinajstić information content (AvgIpc) is 3.04. The summed E-state index contributed by atoms with van der Waals surface area (Å²) in [7, 11) is -0.401. The zero-order valence-corrected chi connectivity index (χ0v) is 13.7. The molecular formula is C17H21BO6. The summed E-state index contributed by atoms with van der Waals surface area (Å²) in [6.45, 7) is 6.47. The van der Waals surface area contributed by atoms with E-state index in [0.717, 1.165) is 24.7 Å². The maximum absolute atomic E-state index is 11.2. The van der Waals surface area contributed by atoms with Gasteiger partial charge in [-0.2, -0.15) is 0 Å². The van der Waals surface area contributed by atoms with Crippen molar-refractivity contribution in [3.8, 4) is 5.75 Å². The molecule has 24 heavy (non-hydrogen) atoms. The summed E-state index contributed by atoms with van der Waals surface area (Å²) in [5.74, 6) is 0.130. The van der Waals surface area contributed by atoms with Crippen LogP contribution in [-0.2, 0) is 23.6 Å². The molecule has 7 heteroatoms. The predicted molar refractivity (Wildman–Crippen MR) is 89.0 cm³/mol. The molecule has 1 aliphatic heterocycles. The molecule has 0 spiro atoms. The minimum absolute atomic E-state index is 0.0257. The van der Waals surface area contributed by atoms with Crippen LogP contribution in [0.15, 0.2) is 36.4 Å². The molecule has 2 rings (SSSR count). The molecule has 6 nitrogen and oxygen atoms in total. The molecule has 1 unspecified atom stereocenters. The summed E-state index contributed by atoms with van der Waals surface area (Å²) in [5, 5.41) is 0. The second-order valence-corrected chi connectivity index (χ2v) is 5.62. The lowest BCUT2D eigenvalue weighted by molar-refractivity contribution is -0.139. The van der Waals surface area contributed by atoms with Crippen LogP contribution in [0.4, 0.5) is 0 Å². The Morgan fingerprint density at radius 1 is 1.38 bits per heavy atom. The lowest BCUT2D eigenvalue weighted by Crippen LogP contribution is -2.32. The first kappa shape index (κ1) is 18.2. The topological polar surface area (TPSA) is 71.1 Å². The van der Waals surface area contributed by atoms with Crippen molar-refractivity contribution in [1.29, 1.82) is 0 Å². The zero-order chi connectivity index (χ0) is 17.4. The Morgan fingerprint density at radius 3 is 2.79 bits per heavy atom. The Bertz CT molecular complexity index is 571. The molecule has 1 aromatic rings. The number of rotatable bonds is 9. The van der Waals surface area contributed by atoms with Crippen molar-refractivity contribution in [2.75, 3.05) is 13.2 Å². The van der Waals surface area contributed by atoms with Gasteiger partial charge in [0.25, 0.3) is 6.47 Å². The molecule has 0 amide bonds. The van der Waals surface area contributed by atoms with Crippen LogP contribution in [0.5, 0.6) is 5.75 Å². The second kappa shape index (κ2) is 9.25. The number of carbonyl (C=O) groups excluding carboxylic acids is 2. The van der Waals surface area contributed by atoms with E-state index >= 15 is 0 Å². The van der Waals surface area contributed by atoms with E-state index < -0.39 is 7.12 Å². The molecule has 0 radical (unpaired) electrons. The summed E-state index contributed by atoms with van der Waals surface area (Å²) < 4.78 is 21.3. The number of hydrogen-bond donors (Lipinski definition) is 0. The molecule has 0 aliphatic carbocycles. The number of carbonyl (C=O) groups is 2. The molecule has 1 aromatic carbocycles. The Morgan fingerprint density at radius 2 is 2.12 bits per heavy atom. The van der Waals surface area contributed by atoms with Crippen LogP contribution in [0, 0.1) is 0 Å². The Balaban J connectivity index is 1.66. The van der Waals surface area contributed by atoms with Gasteiger partial charge in [-0.3, -0.25) is 4.79 Å². The van der Waals surface area contributed by atoms with E-state index in [0.29, 0.717) is 31.0 Å². The normalized spacial score (nSPS) is 16.7. The quantitative estimate of drug-likeness (QED) is 0.225. The van der Waals surface area contributed by atoms with Crippen LogP contribution >= 0.6 is 0 Å². The number of unbranched alkanes of at least 4 members (excludes halogenated alkanes) is 1. The second-order valence-electron chi connectivity index (χ2n) is 5.62. The van der Waals surface area contributed by atoms with Crippen molar-refractivity contribution in [2.24, 2.45) is 0 Å². The highest BCUT2D eigenvalue weighted by molar-refractivity contribution is 6.61. The third-order valence-electron chi connectivity index (χ3n) is 3.59. The van der Waals surface area contributed by atoms with Crippen LogP contribution in [0.25, 0.3) is 0 Å². The lowest BCUT2D eigenvalue weighted by atomic mass is 9.79. The fourth-order valence-corrected chi connectivity index (χ4v) is 2.30. The molecule has 1 fully saturated rings. The van der Waals surface area contributed by atoms with Crippen molar-refractivity contribution in [2.45, 2.75) is 32.3 Å². The highest BCUT2D eigenvalue weighted by Gasteiger charge is 2.32. The molecule has 128 valence electrons. The van der Waals surface area contributed by atoms with Crippen molar-refractivity contribution < 1.29 is 28.4 Å². The Kier molecular flexibility index (Phi) is 7.02. The number of hydrogen-bond acceptors (Lipinski definition) is 6. The van der Waals surface area contributed by atoms with Gasteiger partial charge in [0.1, 0.15) is 5.75 Å². The van der Waals surface area contributed by atoms with Gasteiger partial charge >= 0.3 is 13.1 Å². The monoisotopic (exact) mass is 332 g/mol. The standard InChI is InChI=1S/C17H21BO6/c1-13(2)17(20)21-10-4-3-5-16-11-23-18(24-16)14-6-8-15(9-7-14)22-12-19/h6-9,12,16H,1,3-5,10-11H2,2H3. The molecule has 0 bridgehead atoms. The molecule has 0 N–H and O–H groups in total. The minimum Gasteiger partial charge on any atom is -0.462 e. The number of benzene rings is 1. The molecule has 0 saturated carbocycles.